The number of aromatic nitrogens is 2. The second kappa shape index (κ2) is 5.31. The molecule has 90 valence electrons. The van der Waals surface area contributed by atoms with Gasteiger partial charge in [-0.15, -0.1) is 11.3 Å². The number of nitrogens with zero attached hydrogens (tertiary/aromatic N) is 2. The predicted octanol–water partition coefficient (Wildman–Crippen LogP) is 2.40. The molecule has 2 heterocycles. The number of nitrogen functional groups attached to an aromatic ring is 1. The summed E-state index contributed by atoms with van der Waals surface area (Å²) in [7, 11) is 0. The van der Waals surface area contributed by atoms with E-state index < -0.39 is 0 Å². The SMILES string of the molecule is Cc1cnc(NN)nc1NCc1ccc(Cl)s1. The van der Waals surface area contributed by atoms with Gasteiger partial charge in [0, 0.05) is 16.6 Å². The number of rotatable bonds is 4. The topological polar surface area (TPSA) is 75.9 Å². The predicted molar refractivity (Wildman–Crippen MR) is 71.2 cm³/mol. The van der Waals surface area contributed by atoms with Gasteiger partial charge in [-0.05, 0) is 19.1 Å². The number of halogens is 1. The van der Waals surface area contributed by atoms with Crippen molar-refractivity contribution >= 4 is 34.7 Å². The second-order valence-corrected chi connectivity index (χ2v) is 5.23. The second-order valence-electron chi connectivity index (χ2n) is 3.43. The average molecular weight is 270 g/mol. The first-order chi connectivity index (χ1) is 8.19. The molecule has 0 saturated heterocycles. The van der Waals surface area contributed by atoms with Gasteiger partial charge in [-0.1, -0.05) is 11.6 Å². The molecule has 0 aliphatic rings. The van der Waals surface area contributed by atoms with Crippen LogP contribution in [0.5, 0.6) is 0 Å². The van der Waals surface area contributed by atoms with Crippen LogP contribution in [-0.4, -0.2) is 9.97 Å². The summed E-state index contributed by atoms with van der Waals surface area (Å²) in [5.41, 5.74) is 3.38. The Bertz CT molecular complexity index is 513. The minimum absolute atomic E-state index is 0.391. The van der Waals surface area contributed by atoms with E-state index >= 15 is 0 Å². The zero-order valence-electron chi connectivity index (χ0n) is 9.20. The summed E-state index contributed by atoms with van der Waals surface area (Å²) in [6.45, 7) is 2.61. The molecule has 17 heavy (non-hydrogen) atoms. The van der Waals surface area contributed by atoms with Gasteiger partial charge in [0.25, 0.3) is 0 Å². The van der Waals surface area contributed by atoms with Crippen LogP contribution >= 0.6 is 22.9 Å². The van der Waals surface area contributed by atoms with Crippen molar-refractivity contribution in [3.63, 3.8) is 0 Å². The first kappa shape index (κ1) is 12.1. The van der Waals surface area contributed by atoms with E-state index in [1.165, 1.54) is 0 Å². The maximum atomic E-state index is 5.86. The van der Waals surface area contributed by atoms with Crippen molar-refractivity contribution in [1.82, 2.24) is 9.97 Å². The molecule has 7 heteroatoms. The fourth-order valence-corrected chi connectivity index (χ4v) is 2.34. The fraction of sp³-hybridized carbons (Fsp3) is 0.200. The smallest absolute Gasteiger partial charge is 0.239 e. The summed E-state index contributed by atoms with van der Waals surface area (Å²) < 4.78 is 0.783. The van der Waals surface area contributed by atoms with Gasteiger partial charge in [-0.2, -0.15) is 4.98 Å². The summed E-state index contributed by atoms with van der Waals surface area (Å²) >= 11 is 7.40. The number of nitrogens with one attached hydrogen (secondary N) is 2. The van der Waals surface area contributed by atoms with Crippen molar-refractivity contribution in [2.75, 3.05) is 10.7 Å². The van der Waals surface area contributed by atoms with E-state index in [9.17, 15) is 0 Å². The molecule has 0 aliphatic heterocycles. The lowest BCUT2D eigenvalue weighted by molar-refractivity contribution is 1.06. The first-order valence-corrected chi connectivity index (χ1v) is 6.17. The first-order valence-electron chi connectivity index (χ1n) is 4.97. The molecule has 0 aromatic carbocycles. The minimum atomic E-state index is 0.391. The lowest BCUT2D eigenvalue weighted by atomic mass is 10.3. The van der Waals surface area contributed by atoms with E-state index in [1.807, 2.05) is 19.1 Å². The van der Waals surface area contributed by atoms with Crippen LogP contribution in [0, 0.1) is 6.92 Å². The van der Waals surface area contributed by atoms with E-state index in [0.717, 1.165) is 20.6 Å². The molecule has 0 unspecified atom stereocenters. The van der Waals surface area contributed by atoms with Crippen LogP contribution in [0.15, 0.2) is 18.3 Å². The Balaban J connectivity index is 2.07. The van der Waals surface area contributed by atoms with Gasteiger partial charge in [0.05, 0.1) is 10.9 Å². The van der Waals surface area contributed by atoms with Crippen LogP contribution in [-0.2, 0) is 6.54 Å². The Hall–Kier alpha value is -1.37. The van der Waals surface area contributed by atoms with Crippen molar-refractivity contribution in [3.05, 3.63) is 33.1 Å². The molecule has 2 aromatic rings. The summed E-state index contributed by atoms with van der Waals surface area (Å²) in [6, 6.07) is 3.86. The van der Waals surface area contributed by atoms with E-state index in [-0.39, 0.29) is 0 Å². The van der Waals surface area contributed by atoms with Crippen molar-refractivity contribution in [1.29, 1.82) is 0 Å². The van der Waals surface area contributed by atoms with Crippen LogP contribution in [0.4, 0.5) is 11.8 Å². The maximum Gasteiger partial charge on any atom is 0.239 e. The molecule has 0 atom stereocenters. The highest BCUT2D eigenvalue weighted by Gasteiger charge is 2.04. The third kappa shape index (κ3) is 3.06. The summed E-state index contributed by atoms with van der Waals surface area (Å²) in [6.07, 6.45) is 1.71. The van der Waals surface area contributed by atoms with Gasteiger partial charge < -0.3 is 5.32 Å². The Morgan fingerprint density at radius 3 is 2.94 bits per heavy atom. The maximum absolute atomic E-state index is 5.86. The monoisotopic (exact) mass is 269 g/mol. The number of hydrogen-bond donors (Lipinski definition) is 3. The van der Waals surface area contributed by atoms with Crippen LogP contribution < -0.4 is 16.6 Å². The molecular weight excluding hydrogens is 258 g/mol. The highest BCUT2D eigenvalue weighted by atomic mass is 35.5. The lowest BCUT2D eigenvalue weighted by Gasteiger charge is -2.08. The highest BCUT2D eigenvalue weighted by Crippen LogP contribution is 2.22. The van der Waals surface area contributed by atoms with E-state index in [1.54, 1.807) is 17.5 Å². The van der Waals surface area contributed by atoms with Crippen molar-refractivity contribution in [2.45, 2.75) is 13.5 Å². The quantitative estimate of drug-likeness (QED) is 0.587. The summed E-state index contributed by atoms with van der Waals surface area (Å²) in [4.78, 5) is 9.39. The molecule has 0 aliphatic carbocycles. The molecule has 5 nitrogen and oxygen atoms in total. The Morgan fingerprint density at radius 1 is 1.47 bits per heavy atom. The molecular formula is C10H12ClN5S. The Labute approximate surface area is 108 Å². The zero-order chi connectivity index (χ0) is 12.3. The van der Waals surface area contributed by atoms with Gasteiger partial charge in [0.2, 0.25) is 5.95 Å². The number of hydrazine groups is 1. The number of thiophene rings is 1. The number of hydrogen-bond acceptors (Lipinski definition) is 6. The third-order valence-electron chi connectivity index (χ3n) is 2.16. The molecule has 0 saturated carbocycles. The molecule has 2 aromatic heterocycles. The molecule has 0 radical (unpaired) electrons. The normalized spacial score (nSPS) is 10.3. The standard InChI is InChI=1S/C10H12ClN5S/c1-6-4-14-10(16-12)15-9(6)13-5-7-2-3-8(11)17-7/h2-4H,5,12H2,1H3,(H2,13,14,15,16). The molecule has 4 N–H and O–H groups in total. The van der Waals surface area contributed by atoms with Gasteiger partial charge >= 0.3 is 0 Å². The third-order valence-corrected chi connectivity index (χ3v) is 3.39. The van der Waals surface area contributed by atoms with Crippen LogP contribution in [0.2, 0.25) is 4.34 Å². The zero-order valence-corrected chi connectivity index (χ0v) is 10.8. The van der Waals surface area contributed by atoms with Gasteiger partial charge in [-0.25, -0.2) is 10.8 Å². The molecule has 0 fully saturated rings. The van der Waals surface area contributed by atoms with Crippen LogP contribution in [0.25, 0.3) is 0 Å². The van der Waals surface area contributed by atoms with Gasteiger partial charge in [0.15, 0.2) is 0 Å². The molecule has 2 rings (SSSR count). The van der Waals surface area contributed by atoms with Crippen LogP contribution in [0.3, 0.4) is 0 Å². The fourth-order valence-electron chi connectivity index (χ4n) is 1.31. The van der Waals surface area contributed by atoms with Gasteiger partial charge in [0.1, 0.15) is 5.82 Å². The summed E-state index contributed by atoms with van der Waals surface area (Å²) in [5.74, 6) is 6.41. The van der Waals surface area contributed by atoms with E-state index in [0.29, 0.717) is 12.5 Å². The number of anilines is 2. The van der Waals surface area contributed by atoms with Crippen molar-refractivity contribution < 1.29 is 0 Å². The Kier molecular flexibility index (Phi) is 3.78. The highest BCUT2D eigenvalue weighted by molar-refractivity contribution is 7.16. The molecule has 0 spiro atoms. The Morgan fingerprint density at radius 2 is 2.29 bits per heavy atom. The minimum Gasteiger partial charge on any atom is -0.365 e. The van der Waals surface area contributed by atoms with E-state index in [2.05, 4.69) is 20.7 Å². The van der Waals surface area contributed by atoms with Crippen molar-refractivity contribution in [3.8, 4) is 0 Å². The van der Waals surface area contributed by atoms with E-state index in [4.69, 9.17) is 17.4 Å². The van der Waals surface area contributed by atoms with Crippen molar-refractivity contribution in [2.24, 2.45) is 5.84 Å². The van der Waals surface area contributed by atoms with Crippen LogP contribution in [0.1, 0.15) is 10.4 Å². The molecule has 0 bridgehead atoms. The van der Waals surface area contributed by atoms with Gasteiger partial charge in [-0.3, -0.25) is 5.43 Å². The summed E-state index contributed by atoms with van der Waals surface area (Å²) in [5, 5.41) is 3.22. The number of nitrogens with two attached hydrogens (primary N) is 1. The number of aryl methyl sites for hydroxylation is 1. The lowest BCUT2D eigenvalue weighted by Crippen LogP contribution is -2.12. The molecule has 0 amide bonds. The largest absolute Gasteiger partial charge is 0.365 e. The average Bonchev–Trinajstić information content (AvgIpc) is 2.74.